The van der Waals surface area contributed by atoms with Crippen molar-refractivity contribution < 1.29 is 8.42 Å². The first-order valence-electron chi connectivity index (χ1n) is 5.57. The molecule has 0 aliphatic rings. The maximum Gasteiger partial charge on any atom is 0.242 e. The number of nitrogens with zero attached hydrogens (tertiary/aromatic N) is 1. The van der Waals surface area contributed by atoms with E-state index < -0.39 is 10.0 Å². The summed E-state index contributed by atoms with van der Waals surface area (Å²) in [4.78, 5) is 0.274. The number of alkyl halides is 1. The summed E-state index contributed by atoms with van der Waals surface area (Å²) < 4.78 is 28.4. The first-order valence-corrected chi connectivity index (χ1v) is 7.58. The largest absolute Gasteiger partial charge is 0.346 e. The fourth-order valence-electron chi connectivity index (χ4n) is 1.61. The summed E-state index contributed by atoms with van der Waals surface area (Å²) in [5.41, 5.74) is 0.811. The summed E-state index contributed by atoms with van der Waals surface area (Å²) in [6.07, 6.45) is 1.63. The van der Waals surface area contributed by atoms with Gasteiger partial charge in [-0.3, -0.25) is 0 Å². The Kier molecular flexibility index (Phi) is 4.63. The van der Waals surface area contributed by atoms with Crippen molar-refractivity contribution in [2.45, 2.75) is 50.6 Å². The summed E-state index contributed by atoms with van der Waals surface area (Å²) in [6, 6.07) is 1.69. The number of aromatic nitrogens is 1. The van der Waals surface area contributed by atoms with E-state index in [9.17, 15) is 8.42 Å². The molecule has 0 aliphatic carbocycles. The molecule has 1 heterocycles. The van der Waals surface area contributed by atoms with Gasteiger partial charge in [0, 0.05) is 24.0 Å². The molecule has 98 valence electrons. The zero-order chi connectivity index (χ0) is 13.2. The highest BCUT2D eigenvalue weighted by molar-refractivity contribution is 7.89. The van der Waals surface area contributed by atoms with Gasteiger partial charge >= 0.3 is 0 Å². The summed E-state index contributed by atoms with van der Waals surface area (Å²) in [6.45, 7) is 7.56. The number of hydrogen-bond acceptors (Lipinski definition) is 2. The van der Waals surface area contributed by atoms with Crippen molar-refractivity contribution in [3.05, 3.63) is 18.0 Å². The Bertz CT molecular complexity index is 478. The van der Waals surface area contributed by atoms with Crippen molar-refractivity contribution in [2.75, 3.05) is 0 Å². The van der Waals surface area contributed by atoms with Crippen LogP contribution in [0.3, 0.4) is 0 Å². The van der Waals surface area contributed by atoms with Crippen molar-refractivity contribution in [2.24, 2.45) is 0 Å². The van der Waals surface area contributed by atoms with Gasteiger partial charge in [0.05, 0.1) is 10.8 Å². The van der Waals surface area contributed by atoms with Crippen LogP contribution in [0.25, 0.3) is 0 Å². The highest BCUT2D eigenvalue weighted by atomic mass is 35.5. The van der Waals surface area contributed by atoms with Crippen LogP contribution in [0.1, 0.15) is 39.4 Å². The van der Waals surface area contributed by atoms with Crippen LogP contribution in [-0.4, -0.2) is 19.0 Å². The average Bonchev–Trinajstić information content (AvgIpc) is 2.59. The highest BCUT2D eigenvalue weighted by Gasteiger charge is 2.19. The summed E-state index contributed by atoms with van der Waals surface area (Å²) in [5, 5.41) is 0. The number of rotatable bonds is 5. The molecule has 0 radical (unpaired) electrons. The van der Waals surface area contributed by atoms with E-state index in [4.69, 9.17) is 11.6 Å². The molecule has 0 fully saturated rings. The van der Waals surface area contributed by atoms with Crippen molar-refractivity contribution >= 4 is 21.6 Å². The second-order valence-electron chi connectivity index (χ2n) is 4.58. The van der Waals surface area contributed by atoms with Crippen LogP contribution in [0.4, 0.5) is 0 Å². The van der Waals surface area contributed by atoms with Gasteiger partial charge in [0.15, 0.2) is 0 Å². The fraction of sp³-hybridized carbons (Fsp3) is 0.636. The predicted molar refractivity (Wildman–Crippen MR) is 69.8 cm³/mol. The van der Waals surface area contributed by atoms with Gasteiger partial charge in [0.2, 0.25) is 10.0 Å². The van der Waals surface area contributed by atoms with E-state index >= 15 is 0 Å². The molecule has 1 aromatic heterocycles. The van der Waals surface area contributed by atoms with E-state index in [0.717, 1.165) is 5.69 Å². The molecule has 0 bridgehead atoms. The molecule has 6 heteroatoms. The minimum Gasteiger partial charge on any atom is -0.346 e. The topological polar surface area (TPSA) is 51.1 Å². The smallest absolute Gasteiger partial charge is 0.242 e. The third-order valence-corrected chi connectivity index (χ3v) is 4.20. The number of sulfonamides is 1. The first kappa shape index (κ1) is 14.5. The van der Waals surface area contributed by atoms with E-state index in [2.05, 4.69) is 4.72 Å². The van der Waals surface area contributed by atoms with Crippen LogP contribution in [-0.2, 0) is 15.9 Å². The lowest BCUT2D eigenvalue weighted by Gasteiger charge is -2.10. The summed E-state index contributed by atoms with van der Waals surface area (Å²) in [7, 11) is -3.43. The standard InChI is InChI=1S/C11H19ClN2O2S/c1-8(2)13-17(15,16)11-5-10(6-12)14(7-11)9(3)4/h5,7-9,13H,6H2,1-4H3. The normalized spacial score (nSPS) is 12.6. The molecule has 0 saturated heterocycles. The number of hydrogen-bond donors (Lipinski definition) is 1. The van der Waals surface area contributed by atoms with E-state index in [-0.39, 0.29) is 17.0 Å². The molecule has 0 aliphatic heterocycles. The third kappa shape index (κ3) is 3.47. The highest BCUT2D eigenvalue weighted by Crippen LogP contribution is 2.20. The molecular formula is C11H19ClN2O2S. The maximum absolute atomic E-state index is 12.0. The zero-order valence-electron chi connectivity index (χ0n) is 10.6. The average molecular weight is 279 g/mol. The van der Waals surface area contributed by atoms with Gasteiger partial charge in [-0.1, -0.05) is 0 Å². The molecule has 0 spiro atoms. The van der Waals surface area contributed by atoms with Gasteiger partial charge < -0.3 is 4.57 Å². The molecular weight excluding hydrogens is 260 g/mol. The van der Waals surface area contributed by atoms with Crippen molar-refractivity contribution in [3.63, 3.8) is 0 Å². The Morgan fingerprint density at radius 1 is 1.35 bits per heavy atom. The molecule has 0 aromatic carbocycles. The minimum atomic E-state index is -3.43. The predicted octanol–water partition coefficient (Wildman–Crippen LogP) is 2.49. The summed E-state index contributed by atoms with van der Waals surface area (Å²) >= 11 is 5.81. The Morgan fingerprint density at radius 3 is 2.29 bits per heavy atom. The molecule has 0 unspecified atom stereocenters. The molecule has 0 atom stereocenters. The van der Waals surface area contributed by atoms with Crippen LogP contribution in [0, 0.1) is 0 Å². The van der Waals surface area contributed by atoms with Crippen molar-refractivity contribution in [1.29, 1.82) is 0 Å². The lowest BCUT2D eigenvalue weighted by atomic mass is 10.4. The van der Waals surface area contributed by atoms with Gasteiger partial charge in [-0.25, -0.2) is 13.1 Å². The third-order valence-electron chi connectivity index (χ3n) is 2.30. The van der Waals surface area contributed by atoms with Crippen LogP contribution in [0.15, 0.2) is 17.2 Å². The second kappa shape index (κ2) is 5.42. The van der Waals surface area contributed by atoms with Crippen LogP contribution >= 0.6 is 11.6 Å². The van der Waals surface area contributed by atoms with E-state index in [1.54, 1.807) is 26.1 Å². The van der Waals surface area contributed by atoms with Gasteiger partial charge in [-0.05, 0) is 33.8 Å². The Labute approximate surface area is 108 Å². The van der Waals surface area contributed by atoms with Crippen LogP contribution < -0.4 is 4.72 Å². The lowest BCUT2D eigenvalue weighted by Crippen LogP contribution is -2.29. The second-order valence-corrected chi connectivity index (χ2v) is 6.56. The fourth-order valence-corrected chi connectivity index (χ4v) is 3.12. The number of halogens is 1. The van der Waals surface area contributed by atoms with Crippen molar-refractivity contribution in [3.8, 4) is 0 Å². The lowest BCUT2D eigenvalue weighted by molar-refractivity contribution is 0.565. The van der Waals surface area contributed by atoms with Gasteiger partial charge in [0.25, 0.3) is 0 Å². The van der Waals surface area contributed by atoms with E-state index in [1.165, 1.54) is 0 Å². The van der Waals surface area contributed by atoms with Gasteiger partial charge in [0.1, 0.15) is 0 Å². The summed E-state index contributed by atoms with van der Waals surface area (Å²) in [5.74, 6) is 0.301. The SMILES string of the molecule is CC(C)NS(=O)(=O)c1cc(CCl)n(C(C)C)c1. The molecule has 0 amide bonds. The zero-order valence-corrected chi connectivity index (χ0v) is 12.1. The molecule has 0 saturated carbocycles. The Hall–Kier alpha value is -0.520. The maximum atomic E-state index is 12.0. The monoisotopic (exact) mass is 278 g/mol. The van der Waals surface area contributed by atoms with Gasteiger partial charge in [-0.2, -0.15) is 0 Å². The van der Waals surface area contributed by atoms with Crippen molar-refractivity contribution in [1.82, 2.24) is 9.29 Å². The van der Waals surface area contributed by atoms with Crippen LogP contribution in [0.2, 0.25) is 0 Å². The Morgan fingerprint density at radius 2 is 1.94 bits per heavy atom. The number of nitrogens with one attached hydrogen (secondary N) is 1. The quantitative estimate of drug-likeness (QED) is 0.842. The first-order chi connectivity index (χ1) is 7.77. The molecule has 1 aromatic rings. The minimum absolute atomic E-state index is 0.123. The molecule has 1 N–H and O–H groups in total. The molecule has 1 rings (SSSR count). The van der Waals surface area contributed by atoms with Crippen LogP contribution in [0.5, 0.6) is 0 Å². The molecule has 17 heavy (non-hydrogen) atoms. The molecule has 4 nitrogen and oxygen atoms in total. The van der Waals surface area contributed by atoms with E-state index in [1.807, 2.05) is 18.4 Å². The Balaban J connectivity index is 3.16. The van der Waals surface area contributed by atoms with E-state index in [0.29, 0.717) is 5.88 Å². The van der Waals surface area contributed by atoms with Gasteiger partial charge in [-0.15, -0.1) is 11.6 Å².